The van der Waals surface area contributed by atoms with Crippen molar-refractivity contribution in [2.45, 2.75) is 26.9 Å². The third-order valence-electron chi connectivity index (χ3n) is 4.96. The van der Waals surface area contributed by atoms with Gasteiger partial charge in [-0.1, -0.05) is 35.9 Å². The zero-order valence-corrected chi connectivity index (χ0v) is 18.6. The molecule has 0 fully saturated rings. The summed E-state index contributed by atoms with van der Waals surface area (Å²) in [6, 6.07) is 20.3. The number of rotatable bonds is 5. The summed E-state index contributed by atoms with van der Waals surface area (Å²) in [6.07, 6.45) is 0. The molecule has 6 heteroatoms. The second-order valence-electron chi connectivity index (χ2n) is 7.45. The van der Waals surface area contributed by atoms with Crippen molar-refractivity contribution in [3.05, 3.63) is 98.0 Å². The monoisotopic (exact) mass is 433 g/mol. The van der Waals surface area contributed by atoms with Crippen LogP contribution in [0.25, 0.3) is 10.9 Å². The van der Waals surface area contributed by atoms with Gasteiger partial charge in [0.1, 0.15) is 0 Å². The van der Waals surface area contributed by atoms with Crippen LogP contribution in [0.1, 0.15) is 21.6 Å². The van der Waals surface area contributed by atoms with Gasteiger partial charge >= 0.3 is 0 Å². The topological polar surface area (TPSA) is 48.1 Å². The Morgan fingerprint density at radius 3 is 2.53 bits per heavy atom. The van der Waals surface area contributed by atoms with Crippen LogP contribution in [0.5, 0.6) is 0 Å². The molecule has 4 nitrogen and oxygen atoms in total. The molecule has 0 saturated carbocycles. The highest BCUT2D eigenvalue weighted by Crippen LogP contribution is 2.18. The fourth-order valence-electron chi connectivity index (χ4n) is 3.31. The van der Waals surface area contributed by atoms with Crippen molar-refractivity contribution in [2.75, 3.05) is 5.32 Å². The number of nitrogens with one attached hydrogen (secondary N) is 2. The number of H-pyrrole nitrogens is 1. The van der Waals surface area contributed by atoms with Crippen molar-refractivity contribution in [1.29, 1.82) is 0 Å². The number of aromatic nitrogens is 1. The van der Waals surface area contributed by atoms with E-state index in [4.69, 9.17) is 12.2 Å². The SMILES string of the molecule is Cc1ccc(NC(=S)N(Cc2cccs2)Cc2cc3ccc(C)cc3[nH]c2=O)cc1. The minimum absolute atomic E-state index is 0.0811. The molecule has 2 N–H and O–H groups in total. The van der Waals surface area contributed by atoms with Gasteiger partial charge in [-0.05, 0) is 72.7 Å². The summed E-state index contributed by atoms with van der Waals surface area (Å²) in [6.45, 7) is 5.14. The van der Waals surface area contributed by atoms with Crippen molar-refractivity contribution < 1.29 is 0 Å². The molecule has 4 aromatic rings. The van der Waals surface area contributed by atoms with Crippen LogP contribution in [0.15, 0.2) is 70.8 Å². The highest BCUT2D eigenvalue weighted by Gasteiger charge is 2.15. The van der Waals surface area contributed by atoms with Crippen LogP contribution in [0.4, 0.5) is 5.69 Å². The Labute approximate surface area is 185 Å². The predicted molar refractivity (Wildman–Crippen MR) is 130 cm³/mol. The molecule has 0 unspecified atom stereocenters. The lowest BCUT2D eigenvalue weighted by Crippen LogP contribution is -2.35. The Morgan fingerprint density at radius 1 is 1.03 bits per heavy atom. The smallest absolute Gasteiger partial charge is 0.253 e. The Balaban J connectivity index is 1.62. The quantitative estimate of drug-likeness (QED) is 0.402. The van der Waals surface area contributed by atoms with Crippen molar-refractivity contribution in [3.63, 3.8) is 0 Å². The van der Waals surface area contributed by atoms with E-state index in [2.05, 4.69) is 34.7 Å². The number of thiocarbonyl (C=S) groups is 1. The number of benzene rings is 2. The van der Waals surface area contributed by atoms with Gasteiger partial charge in [-0.3, -0.25) is 4.79 Å². The van der Waals surface area contributed by atoms with Gasteiger partial charge in [0.25, 0.3) is 5.56 Å². The molecule has 0 saturated heterocycles. The number of thiophene rings is 1. The number of pyridine rings is 1. The first-order valence-electron chi connectivity index (χ1n) is 9.75. The Hall–Kier alpha value is -2.96. The average Bonchev–Trinajstić information content (AvgIpc) is 3.23. The molecule has 0 radical (unpaired) electrons. The van der Waals surface area contributed by atoms with E-state index in [-0.39, 0.29) is 5.56 Å². The van der Waals surface area contributed by atoms with E-state index in [0.717, 1.165) is 22.2 Å². The molecule has 0 aliphatic carbocycles. The maximum atomic E-state index is 12.8. The van der Waals surface area contributed by atoms with Crippen molar-refractivity contribution in [1.82, 2.24) is 9.88 Å². The molecule has 0 amide bonds. The fourth-order valence-corrected chi connectivity index (χ4v) is 4.28. The number of hydrogen-bond donors (Lipinski definition) is 2. The van der Waals surface area contributed by atoms with Crippen LogP contribution in [0, 0.1) is 13.8 Å². The molecule has 152 valence electrons. The molecule has 0 aliphatic rings. The molecule has 2 aromatic carbocycles. The Kier molecular flexibility index (Phi) is 5.97. The molecule has 2 aromatic heterocycles. The van der Waals surface area contributed by atoms with Crippen molar-refractivity contribution in [2.24, 2.45) is 0 Å². The standard InChI is InChI=1S/C24H23N3OS2/c1-16-6-9-20(10-7-16)25-24(29)27(15-21-4-3-11-30-21)14-19-13-18-8-5-17(2)12-22(18)26-23(19)28/h3-13H,14-15H2,1-2H3,(H,25,29)(H,26,28). The van der Waals surface area contributed by atoms with Gasteiger partial charge < -0.3 is 15.2 Å². The van der Waals surface area contributed by atoms with Crippen LogP contribution < -0.4 is 10.9 Å². The van der Waals surface area contributed by atoms with Gasteiger partial charge in [0.05, 0.1) is 13.1 Å². The average molecular weight is 434 g/mol. The number of aromatic amines is 1. The maximum absolute atomic E-state index is 12.8. The van der Waals surface area contributed by atoms with Crippen LogP contribution in [-0.4, -0.2) is 15.0 Å². The third-order valence-corrected chi connectivity index (χ3v) is 6.18. The first-order chi connectivity index (χ1) is 14.5. The van der Waals surface area contributed by atoms with Gasteiger partial charge in [-0.15, -0.1) is 11.3 Å². The first-order valence-corrected chi connectivity index (χ1v) is 11.0. The number of fused-ring (bicyclic) bond motifs is 1. The summed E-state index contributed by atoms with van der Waals surface area (Å²) < 4.78 is 0. The summed E-state index contributed by atoms with van der Waals surface area (Å²) in [4.78, 5) is 19.0. The summed E-state index contributed by atoms with van der Waals surface area (Å²) >= 11 is 7.41. The normalized spacial score (nSPS) is 10.9. The van der Waals surface area contributed by atoms with Crippen LogP contribution in [0.2, 0.25) is 0 Å². The minimum Gasteiger partial charge on any atom is -0.339 e. The summed E-state index contributed by atoms with van der Waals surface area (Å²) in [5.41, 5.74) is 4.71. The van der Waals surface area contributed by atoms with Crippen molar-refractivity contribution >= 4 is 45.3 Å². The van der Waals surface area contributed by atoms with Gasteiger partial charge in [-0.2, -0.15) is 0 Å². The zero-order valence-electron chi connectivity index (χ0n) is 16.9. The number of nitrogens with zero attached hydrogens (tertiary/aromatic N) is 1. The molecule has 4 rings (SSSR count). The predicted octanol–water partition coefficient (Wildman–Crippen LogP) is 5.61. The van der Waals surface area contributed by atoms with E-state index in [9.17, 15) is 4.79 Å². The van der Waals surface area contributed by atoms with E-state index >= 15 is 0 Å². The Morgan fingerprint density at radius 2 is 1.80 bits per heavy atom. The number of anilines is 1. The van der Waals surface area contributed by atoms with Gasteiger partial charge in [0.15, 0.2) is 5.11 Å². The van der Waals surface area contributed by atoms with Gasteiger partial charge in [-0.25, -0.2) is 0 Å². The minimum atomic E-state index is -0.0811. The largest absolute Gasteiger partial charge is 0.339 e. The second-order valence-corrected chi connectivity index (χ2v) is 8.86. The lowest BCUT2D eigenvalue weighted by Gasteiger charge is -2.25. The van der Waals surface area contributed by atoms with Crippen LogP contribution in [-0.2, 0) is 13.1 Å². The highest BCUT2D eigenvalue weighted by molar-refractivity contribution is 7.80. The van der Waals surface area contributed by atoms with Crippen molar-refractivity contribution in [3.8, 4) is 0 Å². The molecule has 0 spiro atoms. The second kappa shape index (κ2) is 8.81. The number of hydrogen-bond acceptors (Lipinski definition) is 3. The van der Waals surface area contributed by atoms with Gasteiger partial charge in [0.2, 0.25) is 0 Å². The lowest BCUT2D eigenvalue weighted by molar-refractivity contribution is 0.415. The summed E-state index contributed by atoms with van der Waals surface area (Å²) in [5, 5.41) is 6.98. The van der Waals surface area contributed by atoms with Gasteiger partial charge in [0, 0.05) is 21.6 Å². The number of aryl methyl sites for hydroxylation is 2. The fraction of sp³-hybridized carbons (Fsp3) is 0.167. The molecule has 30 heavy (non-hydrogen) atoms. The van der Waals surface area contributed by atoms with E-state index in [1.54, 1.807) is 11.3 Å². The maximum Gasteiger partial charge on any atom is 0.253 e. The summed E-state index contributed by atoms with van der Waals surface area (Å²) in [5.74, 6) is 0. The zero-order chi connectivity index (χ0) is 21.1. The third kappa shape index (κ3) is 4.78. The van der Waals surface area contributed by atoms with E-state index in [1.807, 2.05) is 60.4 Å². The van der Waals surface area contributed by atoms with E-state index < -0.39 is 0 Å². The Bertz CT molecular complexity index is 1230. The summed E-state index contributed by atoms with van der Waals surface area (Å²) in [7, 11) is 0. The molecule has 2 heterocycles. The molecule has 0 bridgehead atoms. The molecular weight excluding hydrogens is 410 g/mol. The van der Waals surface area contributed by atoms with E-state index in [0.29, 0.717) is 23.8 Å². The van der Waals surface area contributed by atoms with E-state index in [1.165, 1.54) is 10.4 Å². The highest BCUT2D eigenvalue weighted by atomic mass is 32.1. The van der Waals surface area contributed by atoms with Crippen LogP contribution >= 0.6 is 23.6 Å². The first kappa shape index (κ1) is 20.3. The molecule has 0 aliphatic heterocycles. The van der Waals surface area contributed by atoms with Crippen LogP contribution in [0.3, 0.4) is 0 Å². The molecular formula is C24H23N3OS2. The lowest BCUT2D eigenvalue weighted by atomic mass is 10.1. The molecule has 0 atom stereocenters.